The Morgan fingerprint density at radius 3 is 2.59 bits per heavy atom. The molecule has 0 aliphatic heterocycles. The van der Waals surface area contributed by atoms with Crippen molar-refractivity contribution in [3.05, 3.63) is 66.0 Å². The van der Waals surface area contributed by atoms with Gasteiger partial charge in [-0.15, -0.1) is 30.4 Å². The summed E-state index contributed by atoms with van der Waals surface area (Å²) in [6.07, 6.45) is 7.18. The van der Waals surface area contributed by atoms with E-state index in [4.69, 9.17) is 6.42 Å². The Hall–Kier alpha value is -2.53. The third-order valence-electron chi connectivity index (χ3n) is 4.03. The lowest BCUT2D eigenvalue weighted by molar-refractivity contribution is 0.823. The van der Waals surface area contributed by atoms with E-state index in [0.29, 0.717) is 13.1 Å². The molecule has 0 amide bonds. The largest absolute Gasteiger partial charge is 0.357 e. The number of hydrogen-bond donors (Lipinski definition) is 2. The Kier molecular flexibility index (Phi) is 8.14. The molecule has 27 heavy (non-hydrogen) atoms. The molecule has 5 nitrogen and oxygen atoms in total. The molecule has 0 bridgehead atoms. The maximum absolute atomic E-state index is 5.29. The van der Waals surface area contributed by atoms with Crippen molar-refractivity contribution in [3.8, 4) is 12.3 Å². The third kappa shape index (κ3) is 5.73. The lowest BCUT2D eigenvalue weighted by Gasteiger charge is -2.09. The first kappa shape index (κ1) is 20.8. The topological polar surface area (TPSA) is 54.2 Å². The number of aliphatic imine (C=N–C) groups is 1. The van der Waals surface area contributed by atoms with Crippen molar-refractivity contribution in [2.75, 3.05) is 13.1 Å². The average Bonchev–Trinajstić information content (AvgIpc) is 3.08. The van der Waals surface area contributed by atoms with E-state index in [1.807, 2.05) is 31.5 Å². The van der Waals surface area contributed by atoms with Gasteiger partial charge in [-0.25, -0.2) is 9.98 Å². The second-order valence-electron chi connectivity index (χ2n) is 5.93. The molecule has 0 aliphatic carbocycles. The molecule has 0 spiro atoms. The van der Waals surface area contributed by atoms with Crippen LogP contribution in [0.25, 0.3) is 11.0 Å². The van der Waals surface area contributed by atoms with Gasteiger partial charge in [0.2, 0.25) is 0 Å². The molecule has 0 radical (unpaired) electrons. The number of hydrogen-bond acceptors (Lipinski definition) is 2. The maximum atomic E-state index is 5.29. The van der Waals surface area contributed by atoms with Gasteiger partial charge in [0.15, 0.2) is 5.96 Å². The summed E-state index contributed by atoms with van der Waals surface area (Å²) in [5, 5.41) is 6.27. The fourth-order valence-corrected chi connectivity index (χ4v) is 2.73. The zero-order valence-electron chi connectivity index (χ0n) is 15.4. The summed E-state index contributed by atoms with van der Waals surface area (Å²) in [5.74, 6) is 3.29. The Balaban J connectivity index is 0.00000261. The molecule has 0 saturated carbocycles. The van der Waals surface area contributed by atoms with Crippen LogP contribution in [0.5, 0.6) is 0 Å². The summed E-state index contributed by atoms with van der Waals surface area (Å²) in [6, 6.07) is 16.7. The molecule has 0 atom stereocenters. The smallest absolute Gasteiger partial charge is 0.192 e. The predicted octanol–water partition coefficient (Wildman–Crippen LogP) is 3.39. The summed E-state index contributed by atoms with van der Waals surface area (Å²) >= 11 is 0. The molecule has 3 aromatic rings. The lowest BCUT2D eigenvalue weighted by atomic mass is 10.1. The number of terminal acetylenes is 1. The van der Waals surface area contributed by atoms with Gasteiger partial charge in [-0.2, -0.15) is 0 Å². The van der Waals surface area contributed by atoms with Crippen LogP contribution in [-0.4, -0.2) is 28.6 Å². The zero-order valence-corrected chi connectivity index (χ0v) is 17.7. The molecule has 0 saturated heterocycles. The van der Waals surface area contributed by atoms with Crippen LogP contribution in [0.1, 0.15) is 18.1 Å². The monoisotopic (exact) mass is 473 g/mol. The molecule has 2 aromatic carbocycles. The van der Waals surface area contributed by atoms with Crippen molar-refractivity contribution >= 4 is 41.0 Å². The van der Waals surface area contributed by atoms with E-state index < -0.39 is 0 Å². The van der Waals surface area contributed by atoms with E-state index in [-0.39, 0.29) is 24.0 Å². The van der Waals surface area contributed by atoms with Gasteiger partial charge in [0.25, 0.3) is 0 Å². The van der Waals surface area contributed by atoms with E-state index in [9.17, 15) is 0 Å². The standard InChI is InChI=1S/C21H23N5.HI/c1-3-13-23-21(22-4-2)24-14-17-9-11-18(12-10-17)15-26-16-25-19-7-5-6-8-20(19)26;/h1,5-12,16H,4,13-15H2,2H3,(H2,22,23,24);1H. The van der Waals surface area contributed by atoms with Crippen LogP contribution >= 0.6 is 24.0 Å². The van der Waals surface area contributed by atoms with Crippen LogP contribution in [0.4, 0.5) is 0 Å². The number of nitrogens with zero attached hydrogens (tertiary/aromatic N) is 3. The number of para-hydroxylation sites is 2. The Morgan fingerprint density at radius 2 is 1.85 bits per heavy atom. The van der Waals surface area contributed by atoms with E-state index >= 15 is 0 Å². The van der Waals surface area contributed by atoms with Crippen molar-refractivity contribution in [1.29, 1.82) is 0 Å². The Labute approximate surface area is 177 Å². The minimum atomic E-state index is 0. The summed E-state index contributed by atoms with van der Waals surface area (Å²) in [4.78, 5) is 8.99. The third-order valence-corrected chi connectivity index (χ3v) is 4.03. The van der Waals surface area contributed by atoms with Crippen LogP contribution < -0.4 is 10.6 Å². The SMILES string of the molecule is C#CCNC(=NCc1ccc(Cn2cnc3ccccc32)cc1)NCC.I. The van der Waals surface area contributed by atoms with Crippen molar-refractivity contribution < 1.29 is 0 Å². The van der Waals surface area contributed by atoms with Crippen molar-refractivity contribution in [3.63, 3.8) is 0 Å². The van der Waals surface area contributed by atoms with Gasteiger partial charge in [0.1, 0.15) is 0 Å². The van der Waals surface area contributed by atoms with Crippen LogP contribution in [0.3, 0.4) is 0 Å². The summed E-state index contributed by atoms with van der Waals surface area (Å²) in [5.41, 5.74) is 4.56. The first-order valence-electron chi connectivity index (χ1n) is 8.73. The minimum Gasteiger partial charge on any atom is -0.357 e. The quantitative estimate of drug-likeness (QED) is 0.250. The highest BCUT2D eigenvalue weighted by Gasteiger charge is 2.03. The molecule has 3 rings (SSSR count). The van der Waals surface area contributed by atoms with E-state index in [1.54, 1.807) is 0 Å². The highest BCUT2D eigenvalue weighted by Crippen LogP contribution is 2.14. The summed E-state index contributed by atoms with van der Waals surface area (Å²) < 4.78 is 2.16. The number of fused-ring (bicyclic) bond motifs is 1. The van der Waals surface area contributed by atoms with Crippen LogP contribution in [-0.2, 0) is 13.1 Å². The number of benzene rings is 2. The maximum Gasteiger partial charge on any atom is 0.192 e. The second-order valence-corrected chi connectivity index (χ2v) is 5.93. The van der Waals surface area contributed by atoms with Gasteiger partial charge in [-0.05, 0) is 30.2 Å². The number of nitrogens with one attached hydrogen (secondary N) is 2. The summed E-state index contributed by atoms with van der Waals surface area (Å²) in [6.45, 7) is 4.70. The van der Waals surface area contributed by atoms with E-state index in [1.165, 1.54) is 5.56 Å². The predicted molar refractivity (Wildman–Crippen MR) is 122 cm³/mol. The van der Waals surface area contributed by atoms with Gasteiger partial charge in [-0.1, -0.05) is 42.3 Å². The highest BCUT2D eigenvalue weighted by atomic mass is 127. The van der Waals surface area contributed by atoms with Gasteiger partial charge in [-0.3, -0.25) is 0 Å². The molecule has 1 aromatic heterocycles. The normalized spacial score (nSPS) is 10.9. The lowest BCUT2D eigenvalue weighted by Crippen LogP contribution is -2.37. The molecule has 2 N–H and O–H groups in total. The minimum absolute atomic E-state index is 0. The first-order chi connectivity index (χ1) is 12.8. The molecule has 0 aliphatic rings. The molecular formula is C21H24IN5. The van der Waals surface area contributed by atoms with Gasteiger partial charge in [0.05, 0.1) is 30.5 Å². The fourth-order valence-electron chi connectivity index (χ4n) is 2.73. The first-order valence-corrected chi connectivity index (χ1v) is 8.73. The molecule has 1 heterocycles. The van der Waals surface area contributed by atoms with E-state index in [0.717, 1.165) is 35.6 Å². The van der Waals surface area contributed by atoms with Crippen molar-refractivity contribution in [2.24, 2.45) is 4.99 Å². The fraction of sp³-hybridized carbons (Fsp3) is 0.238. The zero-order chi connectivity index (χ0) is 18.2. The van der Waals surface area contributed by atoms with Gasteiger partial charge < -0.3 is 15.2 Å². The molecule has 6 heteroatoms. The van der Waals surface area contributed by atoms with Crippen molar-refractivity contribution in [2.45, 2.75) is 20.0 Å². The number of guanidine groups is 1. The number of halogens is 1. The van der Waals surface area contributed by atoms with Gasteiger partial charge >= 0.3 is 0 Å². The summed E-state index contributed by atoms with van der Waals surface area (Å²) in [7, 11) is 0. The Bertz CT molecular complexity index is 922. The van der Waals surface area contributed by atoms with E-state index in [2.05, 4.69) is 61.4 Å². The Morgan fingerprint density at radius 1 is 1.11 bits per heavy atom. The van der Waals surface area contributed by atoms with Crippen LogP contribution in [0, 0.1) is 12.3 Å². The van der Waals surface area contributed by atoms with Crippen LogP contribution in [0.2, 0.25) is 0 Å². The molecule has 140 valence electrons. The van der Waals surface area contributed by atoms with Crippen molar-refractivity contribution in [1.82, 2.24) is 20.2 Å². The molecule has 0 unspecified atom stereocenters. The number of imidazole rings is 1. The average molecular weight is 473 g/mol. The second kappa shape index (κ2) is 10.6. The van der Waals surface area contributed by atoms with Crippen LogP contribution in [0.15, 0.2) is 59.9 Å². The number of aromatic nitrogens is 2. The van der Waals surface area contributed by atoms with Gasteiger partial charge in [0, 0.05) is 13.1 Å². The molecular weight excluding hydrogens is 449 g/mol. The highest BCUT2D eigenvalue weighted by molar-refractivity contribution is 14.0. The number of rotatable bonds is 6. The molecule has 0 fully saturated rings.